The highest BCUT2D eigenvalue weighted by atomic mass is 16.2. The fourth-order valence-corrected chi connectivity index (χ4v) is 2.58. The Morgan fingerprint density at radius 3 is 1.82 bits per heavy atom. The molecule has 0 aliphatic carbocycles. The maximum Gasteiger partial charge on any atom is 0.254 e. The lowest BCUT2D eigenvalue weighted by Gasteiger charge is -2.18. The lowest BCUT2D eigenvalue weighted by molar-refractivity contribution is 0.0806. The molecule has 2 nitrogen and oxygen atoms in total. The third kappa shape index (κ3) is 2.82. The minimum absolute atomic E-state index is 0.0838. The molecule has 3 rings (SSSR count). The number of benzene rings is 3. The molecule has 0 aromatic heterocycles. The van der Waals surface area contributed by atoms with Crippen molar-refractivity contribution < 1.29 is 4.79 Å². The zero-order valence-electron chi connectivity index (χ0n) is 13.8. The van der Waals surface area contributed by atoms with E-state index >= 15 is 0 Å². The van der Waals surface area contributed by atoms with Crippen LogP contribution in [0.5, 0.6) is 0 Å². The molecule has 0 saturated heterocycles. The predicted octanol–water partition coefficient (Wildman–Crippen LogP) is 5.11. The van der Waals surface area contributed by atoms with E-state index in [0.29, 0.717) is 6.54 Å². The van der Waals surface area contributed by atoms with Crippen LogP contribution in [0, 0.1) is 0 Å². The van der Waals surface area contributed by atoms with Crippen molar-refractivity contribution in [2.45, 2.75) is 20.8 Å². The minimum atomic E-state index is 0.0838. The van der Waals surface area contributed by atoms with E-state index < -0.39 is 0 Å². The molecule has 0 fully saturated rings. The summed E-state index contributed by atoms with van der Waals surface area (Å²) in [5, 5.41) is 4.27. The maximum atomic E-state index is 12.7. The molecule has 0 unspecified atom stereocenters. The molecule has 0 N–H and O–H groups in total. The van der Waals surface area contributed by atoms with Crippen molar-refractivity contribution in [3.63, 3.8) is 0 Å². The van der Waals surface area contributed by atoms with Crippen molar-refractivity contribution in [3.05, 3.63) is 60.2 Å². The van der Waals surface area contributed by atoms with Crippen LogP contribution >= 0.6 is 0 Å². The summed E-state index contributed by atoms with van der Waals surface area (Å²) in [5.41, 5.74) is 0.808. The van der Waals surface area contributed by atoms with Gasteiger partial charge in [-0.05, 0) is 34.5 Å². The monoisotopic (exact) mass is 293 g/mol. The summed E-state index contributed by atoms with van der Waals surface area (Å²) in [4.78, 5) is 14.5. The molecule has 3 aromatic rings. The van der Waals surface area contributed by atoms with Gasteiger partial charge in [0, 0.05) is 13.6 Å². The summed E-state index contributed by atoms with van der Waals surface area (Å²) in [6.45, 7) is 6.70. The van der Waals surface area contributed by atoms with Crippen LogP contribution < -0.4 is 0 Å². The van der Waals surface area contributed by atoms with Gasteiger partial charge in [-0.3, -0.25) is 4.79 Å². The van der Waals surface area contributed by atoms with Gasteiger partial charge in [0.15, 0.2) is 0 Å². The molecule has 0 saturated carbocycles. The Hall–Kier alpha value is -2.35. The first-order chi connectivity index (χ1) is 10.7. The number of carbonyl (C=O) groups is 1. The lowest BCUT2D eigenvalue weighted by Crippen LogP contribution is -2.26. The normalized spacial score (nSPS) is 10.2. The first-order valence-electron chi connectivity index (χ1n) is 7.88. The van der Waals surface area contributed by atoms with Gasteiger partial charge in [0.25, 0.3) is 5.91 Å². The number of rotatable bonds is 2. The Morgan fingerprint density at radius 2 is 1.36 bits per heavy atom. The second-order valence-electron chi connectivity index (χ2n) is 5.01. The fourth-order valence-electron chi connectivity index (χ4n) is 2.58. The summed E-state index contributed by atoms with van der Waals surface area (Å²) in [6, 6.07) is 18.3. The molecule has 0 heterocycles. The Kier molecular flexibility index (Phi) is 5.16. The molecule has 0 atom stereocenters. The first kappa shape index (κ1) is 16.0. The van der Waals surface area contributed by atoms with E-state index in [4.69, 9.17) is 0 Å². The number of nitrogens with zero attached hydrogens (tertiary/aromatic N) is 1. The van der Waals surface area contributed by atoms with Crippen molar-refractivity contribution >= 4 is 27.5 Å². The van der Waals surface area contributed by atoms with E-state index in [0.717, 1.165) is 27.1 Å². The summed E-state index contributed by atoms with van der Waals surface area (Å²) in [6.07, 6.45) is 0. The van der Waals surface area contributed by atoms with Gasteiger partial charge in [0.05, 0.1) is 5.56 Å². The van der Waals surface area contributed by atoms with Crippen LogP contribution in [0.3, 0.4) is 0 Å². The van der Waals surface area contributed by atoms with Gasteiger partial charge in [0.1, 0.15) is 0 Å². The predicted molar refractivity (Wildman–Crippen MR) is 95.4 cm³/mol. The molecule has 22 heavy (non-hydrogen) atoms. The quantitative estimate of drug-likeness (QED) is 0.601. The molecular formula is C20H23NO. The van der Waals surface area contributed by atoms with Crippen LogP contribution in [0.2, 0.25) is 0 Å². The Bertz CT molecular complexity index is 738. The van der Waals surface area contributed by atoms with Crippen LogP contribution in [0.25, 0.3) is 21.5 Å². The van der Waals surface area contributed by atoms with Gasteiger partial charge >= 0.3 is 0 Å². The zero-order valence-corrected chi connectivity index (χ0v) is 13.8. The van der Waals surface area contributed by atoms with E-state index in [1.165, 1.54) is 0 Å². The first-order valence-corrected chi connectivity index (χ1v) is 7.88. The second kappa shape index (κ2) is 7.08. The number of carbonyl (C=O) groups excluding carboxylic acids is 1. The summed E-state index contributed by atoms with van der Waals surface area (Å²) >= 11 is 0. The summed E-state index contributed by atoms with van der Waals surface area (Å²) < 4.78 is 0. The van der Waals surface area contributed by atoms with Gasteiger partial charge in [-0.25, -0.2) is 0 Å². The van der Waals surface area contributed by atoms with E-state index in [-0.39, 0.29) is 5.91 Å². The largest absolute Gasteiger partial charge is 0.342 e. The number of hydrogen-bond acceptors (Lipinski definition) is 1. The molecule has 114 valence electrons. The molecule has 1 amide bonds. The third-order valence-electron chi connectivity index (χ3n) is 3.81. The van der Waals surface area contributed by atoms with Crippen molar-refractivity contribution in [1.29, 1.82) is 0 Å². The highest BCUT2D eigenvalue weighted by Crippen LogP contribution is 2.29. The molecule has 0 radical (unpaired) electrons. The van der Waals surface area contributed by atoms with Crippen LogP contribution in [0.15, 0.2) is 54.6 Å². The summed E-state index contributed by atoms with van der Waals surface area (Å²) in [5.74, 6) is 0.0838. The van der Waals surface area contributed by atoms with E-state index in [9.17, 15) is 4.79 Å². The smallest absolute Gasteiger partial charge is 0.254 e. The average molecular weight is 293 g/mol. The number of amides is 1. The number of fused-ring (bicyclic) bond motifs is 2. The molecular weight excluding hydrogens is 270 g/mol. The van der Waals surface area contributed by atoms with Crippen molar-refractivity contribution in [2.75, 3.05) is 13.6 Å². The SMILES string of the molecule is CC.CCN(C)C(=O)c1c2ccccc2cc2ccccc12. The van der Waals surface area contributed by atoms with Crippen LogP contribution in [-0.2, 0) is 0 Å². The van der Waals surface area contributed by atoms with Gasteiger partial charge in [-0.2, -0.15) is 0 Å². The van der Waals surface area contributed by atoms with E-state index in [2.05, 4.69) is 18.2 Å². The topological polar surface area (TPSA) is 20.3 Å². The van der Waals surface area contributed by atoms with Gasteiger partial charge in [-0.15, -0.1) is 0 Å². The molecule has 3 aromatic carbocycles. The summed E-state index contributed by atoms with van der Waals surface area (Å²) in [7, 11) is 1.85. The molecule has 0 bridgehead atoms. The maximum absolute atomic E-state index is 12.7. The average Bonchev–Trinajstić information content (AvgIpc) is 2.60. The van der Waals surface area contributed by atoms with Gasteiger partial charge < -0.3 is 4.90 Å². The third-order valence-corrected chi connectivity index (χ3v) is 3.81. The molecule has 0 aliphatic rings. The fraction of sp³-hybridized carbons (Fsp3) is 0.250. The van der Waals surface area contributed by atoms with Crippen LogP contribution in [-0.4, -0.2) is 24.4 Å². The molecule has 0 aliphatic heterocycles. The Balaban J connectivity index is 0.000000847. The van der Waals surface area contributed by atoms with Gasteiger partial charge in [-0.1, -0.05) is 62.4 Å². The number of hydrogen-bond donors (Lipinski definition) is 0. The van der Waals surface area contributed by atoms with Crippen molar-refractivity contribution in [3.8, 4) is 0 Å². The molecule has 2 heteroatoms. The zero-order chi connectivity index (χ0) is 16.1. The highest BCUT2D eigenvalue weighted by molar-refractivity contribution is 6.18. The molecule has 0 spiro atoms. The Labute approximate surface area is 132 Å². The van der Waals surface area contributed by atoms with Crippen LogP contribution in [0.4, 0.5) is 0 Å². The highest BCUT2D eigenvalue weighted by Gasteiger charge is 2.17. The standard InChI is InChI=1S/C18H17NO.C2H6/c1-3-19(2)18(20)17-15-10-6-4-8-13(15)12-14-9-5-7-11-16(14)17;1-2/h4-12H,3H2,1-2H3;1-2H3. The van der Waals surface area contributed by atoms with Crippen LogP contribution in [0.1, 0.15) is 31.1 Å². The lowest BCUT2D eigenvalue weighted by atomic mass is 9.96. The van der Waals surface area contributed by atoms with E-state index in [1.807, 2.05) is 64.2 Å². The van der Waals surface area contributed by atoms with Gasteiger partial charge in [0.2, 0.25) is 0 Å². The Morgan fingerprint density at radius 1 is 0.909 bits per heavy atom. The van der Waals surface area contributed by atoms with E-state index in [1.54, 1.807) is 4.90 Å². The van der Waals surface area contributed by atoms with Crippen molar-refractivity contribution in [1.82, 2.24) is 4.90 Å². The minimum Gasteiger partial charge on any atom is -0.342 e. The second-order valence-corrected chi connectivity index (χ2v) is 5.01. The van der Waals surface area contributed by atoms with Crippen molar-refractivity contribution in [2.24, 2.45) is 0 Å².